The molecule has 1 aliphatic heterocycles. The third-order valence-corrected chi connectivity index (χ3v) is 3.89. The minimum absolute atomic E-state index is 0.0471. The molecule has 1 aromatic heterocycles. The van der Waals surface area contributed by atoms with E-state index in [4.69, 9.17) is 4.74 Å². The number of aromatic nitrogens is 1. The monoisotopic (exact) mass is 269 g/mol. The van der Waals surface area contributed by atoms with Crippen LogP contribution in [-0.4, -0.2) is 36.7 Å². The number of piperidine rings is 1. The molecule has 0 spiro atoms. The molecule has 0 aromatic carbocycles. The van der Waals surface area contributed by atoms with Crippen molar-refractivity contribution in [1.29, 1.82) is 0 Å². The van der Waals surface area contributed by atoms with Gasteiger partial charge in [-0.1, -0.05) is 0 Å². The average molecular weight is 269 g/mol. The minimum atomic E-state index is -0.0729. The Labute approximate surface area is 111 Å². The summed E-state index contributed by atoms with van der Waals surface area (Å²) in [6.07, 6.45) is 3.92. The van der Waals surface area contributed by atoms with Crippen molar-refractivity contribution >= 4 is 17.2 Å². The number of ether oxygens (including phenoxy) is 1. The van der Waals surface area contributed by atoms with E-state index in [1.165, 1.54) is 0 Å². The zero-order valence-electron chi connectivity index (χ0n) is 10.5. The first-order chi connectivity index (χ1) is 8.75. The number of nitrogens with one attached hydrogen (secondary N) is 2. The third kappa shape index (κ3) is 4.04. The van der Waals surface area contributed by atoms with Crippen LogP contribution < -0.4 is 10.6 Å². The topological polar surface area (TPSA) is 63.2 Å². The number of rotatable bonds is 5. The molecule has 1 unspecified atom stereocenters. The number of hydrogen-bond acceptors (Lipinski definition) is 5. The first-order valence-electron chi connectivity index (χ1n) is 6.27. The van der Waals surface area contributed by atoms with Gasteiger partial charge < -0.3 is 15.4 Å². The summed E-state index contributed by atoms with van der Waals surface area (Å²) in [5, 5.41) is 8.98. The number of carbonyl (C=O) groups is 1. The lowest BCUT2D eigenvalue weighted by molar-refractivity contribution is -0.128. The lowest BCUT2D eigenvalue weighted by Gasteiger charge is -2.23. The van der Waals surface area contributed by atoms with Gasteiger partial charge in [0, 0.05) is 11.6 Å². The molecule has 2 rings (SSSR count). The first-order valence-corrected chi connectivity index (χ1v) is 7.14. The summed E-state index contributed by atoms with van der Waals surface area (Å²) >= 11 is 1.54. The molecule has 1 saturated heterocycles. The van der Waals surface area contributed by atoms with E-state index in [0.29, 0.717) is 0 Å². The van der Waals surface area contributed by atoms with E-state index in [0.717, 1.165) is 30.9 Å². The molecule has 6 heteroatoms. The molecule has 2 N–H and O–H groups in total. The van der Waals surface area contributed by atoms with Gasteiger partial charge in [0.25, 0.3) is 0 Å². The molecule has 0 saturated carbocycles. The molecular weight excluding hydrogens is 250 g/mol. The molecule has 5 nitrogen and oxygen atoms in total. The molecule has 18 heavy (non-hydrogen) atoms. The van der Waals surface area contributed by atoms with Crippen LogP contribution in [0.2, 0.25) is 0 Å². The number of thiazole rings is 1. The van der Waals surface area contributed by atoms with Gasteiger partial charge in [0.05, 0.1) is 12.1 Å². The minimum Gasteiger partial charge on any atom is -0.368 e. The predicted octanol–water partition coefficient (Wildman–Crippen LogP) is 1.09. The fraction of sp³-hybridized carbons (Fsp3) is 0.667. The van der Waals surface area contributed by atoms with Gasteiger partial charge in [-0.25, -0.2) is 4.98 Å². The largest absolute Gasteiger partial charge is 0.368 e. The zero-order valence-corrected chi connectivity index (χ0v) is 11.3. The molecule has 0 bridgehead atoms. The molecule has 1 aromatic rings. The molecule has 1 atom stereocenters. The zero-order chi connectivity index (χ0) is 12.8. The van der Waals surface area contributed by atoms with Crippen LogP contribution in [0.3, 0.4) is 0 Å². The Hall–Kier alpha value is -0.980. The van der Waals surface area contributed by atoms with Crippen molar-refractivity contribution in [2.45, 2.75) is 31.9 Å². The molecule has 0 radical (unpaired) electrons. The molecule has 0 aliphatic carbocycles. The van der Waals surface area contributed by atoms with Crippen molar-refractivity contribution in [2.24, 2.45) is 0 Å². The van der Waals surface area contributed by atoms with E-state index < -0.39 is 0 Å². The van der Waals surface area contributed by atoms with Crippen molar-refractivity contribution in [3.05, 3.63) is 16.6 Å². The first kappa shape index (κ1) is 13.5. The number of carbonyl (C=O) groups excluding carboxylic acids is 1. The van der Waals surface area contributed by atoms with Gasteiger partial charge in [0.2, 0.25) is 5.91 Å². The molecule has 1 fully saturated rings. The Balaban J connectivity index is 1.68. The van der Waals surface area contributed by atoms with Crippen molar-refractivity contribution < 1.29 is 9.53 Å². The molecule has 1 aliphatic rings. The van der Waals surface area contributed by atoms with E-state index >= 15 is 0 Å². The van der Waals surface area contributed by atoms with Crippen LogP contribution in [0.1, 0.15) is 30.8 Å². The second kappa shape index (κ2) is 6.82. The smallest absolute Gasteiger partial charge is 0.246 e. The quantitative estimate of drug-likeness (QED) is 0.840. The lowest BCUT2D eigenvalue weighted by atomic mass is 10.1. The summed E-state index contributed by atoms with van der Waals surface area (Å²) in [4.78, 5) is 15.9. The summed E-state index contributed by atoms with van der Waals surface area (Å²) in [5.41, 5.74) is 0. The standard InChI is InChI=1S/C12H19N3O2S/c1-9(12-14-6-7-18-12)15-11(16)8-17-10-2-4-13-5-3-10/h6-7,9-10,13H,2-5,8H2,1H3,(H,15,16). The summed E-state index contributed by atoms with van der Waals surface area (Å²) in [7, 11) is 0. The number of nitrogens with zero attached hydrogens (tertiary/aromatic N) is 1. The summed E-state index contributed by atoms with van der Waals surface area (Å²) in [6, 6.07) is -0.0471. The predicted molar refractivity (Wildman–Crippen MR) is 70.5 cm³/mol. The third-order valence-electron chi connectivity index (χ3n) is 2.94. The Morgan fingerprint density at radius 1 is 1.67 bits per heavy atom. The van der Waals surface area contributed by atoms with E-state index in [2.05, 4.69) is 15.6 Å². The van der Waals surface area contributed by atoms with Gasteiger partial charge in [-0.3, -0.25) is 4.79 Å². The average Bonchev–Trinajstić information content (AvgIpc) is 2.91. The summed E-state index contributed by atoms with van der Waals surface area (Å²) in [6.45, 7) is 4.02. The lowest BCUT2D eigenvalue weighted by Crippen LogP contribution is -2.36. The highest BCUT2D eigenvalue weighted by Gasteiger charge is 2.16. The van der Waals surface area contributed by atoms with Gasteiger partial charge in [-0.05, 0) is 32.9 Å². The summed E-state index contributed by atoms with van der Waals surface area (Å²) in [5.74, 6) is -0.0729. The Morgan fingerprint density at radius 2 is 2.44 bits per heavy atom. The Kier molecular flexibility index (Phi) is 5.10. The highest BCUT2D eigenvalue weighted by atomic mass is 32.1. The maximum absolute atomic E-state index is 11.7. The highest BCUT2D eigenvalue weighted by Crippen LogP contribution is 2.14. The van der Waals surface area contributed by atoms with Gasteiger partial charge in [0.15, 0.2) is 0 Å². The number of hydrogen-bond donors (Lipinski definition) is 2. The summed E-state index contributed by atoms with van der Waals surface area (Å²) < 4.78 is 5.59. The molecule has 1 amide bonds. The van der Waals surface area contributed by atoms with Crippen LogP contribution in [0.4, 0.5) is 0 Å². The van der Waals surface area contributed by atoms with Crippen LogP contribution in [0, 0.1) is 0 Å². The van der Waals surface area contributed by atoms with E-state index in [1.54, 1.807) is 17.5 Å². The van der Waals surface area contributed by atoms with Gasteiger partial charge in [0.1, 0.15) is 11.6 Å². The van der Waals surface area contributed by atoms with Gasteiger partial charge >= 0.3 is 0 Å². The van der Waals surface area contributed by atoms with Gasteiger partial charge in [-0.2, -0.15) is 0 Å². The van der Waals surface area contributed by atoms with Crippen molar-refractivity contribution in [3.8, 4) is 0 Å². The normalized spacial score (nSPS) is 18.5. The van der Waals surface area contributed by atoms with Crippen LogP contribution in [0.5, 0.6) is 0 Å². The SMILES string of the molecule is CC(NC(=O)COC1CCNCC1)c1nccs1. The Bertz CT molecular complexity index is 363. The maximum Gasteiger partial charge on any atom is 0.246 e. The fourth-order valence-corrected chi connectivity index (χ4v) is 2.59. The second-order valence-electron chi connectivity index (χ2n) is 4.42. The number of amides is 1. The molecule has 100 valence electrons. The van der Waals surface area contributed by atoms with E-state index in [1.807, 2.05) is 12.3 Å². The Morgan fingerprint density at radius 3 is 3.11 bits per heavy atom. The van der Waals surface area contributed by atoms with Crippen LogP contribution in [0.25, 0.3) is 0 Å². The van der Waals surface area contributed by atoms with Crippen molar-refractivity contribution in [3.63, 3.8) is 0 Å². The van der Waals surface area contributed by atoms with E-state index in [9.17, 15) is 4.79 Å². The molecule has 2 heterocycles. The van der Waals surface area contributed by atoms with E-state index in [-0.39, 0.29) is 24.7 Å². The van der Waals surface area contributed by atoms with Crippen molar-refractivity contribution in [1.82, 2.24) is 15.6 Å². The van der Waals surface area contributed by atoms with Crippen LogP contribution in [0.15, 0.2) is 11.6 Å². The van der Waals surface area contributed by atoms with Gasteiger partial charge in [-0.15, -0.1) is 11.3 Å². The van der Waals surface area contributed by atoms with Crippen LogP contribution in [-0.2, 0) is 9.53 Å². The maximum atomic E-state index is 11.7. The van der Waals surface area contributed by atoms with Crippen LogP contribution >= 0.6 is 11.3 Å². The van der Waals surface area contributed by atoms with Crippen molar-refractivity contribution in [2.75, 3.05) is 19.7 Å². The second-order valence-corrected chi connectivity index (χ2v) is 5.35. The molecular formula is C12H19N3O2S. The highest BCUT2D eigenvalue weighted by molar-refractivity contribution is 7.09. The fourth-order valence-electron chi connectivity index (χ4n) is 1.95.